The summed E-state index contributed by atoms with van der Waals surface area (Å²) in [6, 6.07) is 18.3. The van der Waals surface area contributed by atoms with Crippen molar-refractivity contribution in [2.24, 2.45) is 11.7 Å². The van der Waals surface area contributed by atoms with Crippen LogP contribution in [0.4, 0.5) is 0 Å². The lowest BCUT2D eigenvalue weighted by Gasteiger charge is -2.34. The number of benzene rings is 2. The highest BCUT2D eigenvalue weighted by Crippen LogP contribution is 2.29. The predicted molar refractivity (Wildman–Crippen MR) is 112 cm³/mol. The summed E-state index contributed by atoms with van der Waals surface area (Å²) in [5, 5.41) is 0. The molecule has 4 nitrogen and oxygen atoms in total. The van der Waals surface area contributed by atoms with Gasteiger partial charge in [-0.1, -0.05) is 48.5 Å². The number of nitrogens with zero attached hydrogens (tertiary/aromatic N) is 1. The van der Waals surface area contributed by atoms with Crippen LogP contribution >= 0.6 is 12.4 Å². The van der Waals surface area contributed by atoms with Crippen LogP contribution in [-0.2, 0) is 4.79 Å². The topological polar surface area (TPSA) is 55.6 Å². The van der Waals surface area contributed by atoms with Gasteiger partial charge >= 0.3 is 0 Å². The number of rotatable bonds is 6. The van der Waals surface area contributed by atoms with Gasteiger partial charge in [-0.25, -0.2) is 0 Å². The van der Waals surface area contributed by atoms with Crippen LogP contribution in [0.15, 0.2) is 54.6 Å². The number of hydrogen-bond acceptors (Lipinski definition) is 3. The minimum Gasteiger partial charge on any atom is -0.492 e. The number of ether oxygens (including phenoxy) is 1. The molecule has 2 aromatic carbocycles. The average molecular weight is 389 g/mol. The van der Waals surface area contributed by atoms with E-state index in [1.165, 1.54) is 0 Å². The average Bonchev–Trinajstić information content (AvgIpc) is 2.69. The molecule has 0 bridgehead atoms. The fraction of sp³-hybridized carbons (Fsp3) is 0.409. The number of nitrogens with two attached hydrogens (primary N) is 1. The van der Waals surface area contributed by atoms with Crippen molar-refractivity contribution in [2.45, 2.75) is 32.2 Å². The zero-order chi connectivity index (χ0) is 18.4. The van der Waals surface area contributed by atoms with Crippen molar-refractivity contribution in [3.8, 4) is 16.9 Å². The Morgan fingerprint density at radius 1 is 1.19 bits per heavy atom. The van der Waals surface area contributed by atoms with Gasteiger partial charge in [0.25, 0.3) is 0 Å². The predicted octanol–water partition coefficient (Wildman–Crippen LogP) is 4.13. The normalized spacial score (nSPS) is 17.7. The molecule has 27 heavy (non-hydrogen) atoms. The Kier molecular flexibility index (Phi) is 8.14. The molecule has 1 saturated heterocycles. The molecule has 1 heterocycles. The number of piperidine rings is 1. The summed E-state index contributed by atoms with van der Waals surface area (Å²) in [7, 11) is 0. The van der Waals surface area contributed by atoms with E-state index in [-0.39, 0.29) is 24.4 Å². The maximum absolute atomic E-state index is 12.5. The first-order chi connectivity index (χ1) is 12.6. The van der Waals surface area contributed by atoms with Crippen molar-refractivity contribution in [2.75, 3.05) is 19.7 Å². The van der Waals surface area contributed by atoms with Gasteiger partial charge in [-0.2, -0.15) is 0 Å². The summed E-state index contributed by atoms with van der Waals surface area (Å²) >= 11 is 0. The third-order valence-electron chi connectivity index (χ3n) is 5.10. The molecule has 2 atom stereocenters. The monoisotopic (exact) mass is 388 g/mol. The smallest absolute Gasteiger partial charge is 0.226 e. The molecule has 0 spiro atoms. The minimum atomic E-state index is 0. The zero-order valence-electron chi connectivity index (χ0n) is 15.8. The van der Waals surface area contributed by atoms with Crippen LogP contribution in [0.2, 0.25) is 0 Å². The first kappa shape index (κ1) is 21.3. The molecule has 3 rings (SSSR count). The molecule has 2 N–H and O–H groups in total. The molecule has 0 radical (unpaired) electrons. The molecule has 2 aromatic rings. The van der Waals surface area contributed by atoms with Crippen LogP contribution in [0.3, 0.4) is 0 Å². The van der Waals surface area contributed by atoms with Crippen molar-refractivity contribution in [3.05, 3.63) is 54.6 Å². The Hall–Kier alpha value is -2.04. The van der Waals surface area contributed by atoms with Crippen LogP contribution in [0, 0.1) is 5.92 Å². The van der Waals surface area contributed by atoms with Crippen molar-refractivity contribution in [3.63, 3.8) is 0 Å². The van der Waals surface area contributed by atoms with Gasteiger partial charge in [0, 0.05) is 24.7 Å². The van der Waals surface area contributed by atoms with Crippen molar-refractivity contribution in [1.82, 2.24) is 4.90 Å². The Labute approximate surface area is 168 Å². The molecule has 1 fully saturated rings. The van der Waals surface area contributed by atoms with Gasteiger partial charge in [-0.3, -0.25) is 4.79 Å². The molecular weight excluding hydrogens is 360 g/mol. The fourth-order valence-electron chi connectivity index (χ4n) is 3.52. The Morgan fingerprint density at radius 3 is 2.63 bits per heavy atom. The highest BCUT2D eigenvalue weighted by Gasteiger charge is 2.25. The SMILES string of the molecule is CC(N)C1CCCN(C(=O)CCOc2ccccc2-c2ccccc2)C1.Cl. The first-order valence-electron chi connectivity index (χ1n) is 9.46. The lowest BCUT2D eigenvalue weighted by Crippen LogP contribution is -2.45. The van der Waals surface area contributed by atoms with Gasteiger partial charge in [0.15, 0.2) is 0 Å². The summed E-state index contributed by atoms with van der Waals surface area (Å²) in [5.41, 5.74) is 8.18. The van der Waals surface area contributed by atoms with Gasteiger partial charge < -0.3 is 15.4 Å². The van der Waals surface area contributed by atoms with Crippen LogP contribution in [0.5, 0.6) is 5.75 Å². The highest BCUT2D eigenvalue weighted by molar-refractivity contribution is 5.85. The number of carbonyl (C=O) groups is 1. The summed E-state index contributed by atoms with van der Waals surface area (Å²) in [6.07, 6.45) is 2.55. The molecule has 0 aromatic heterocycles. The summed E-state index contributed by atoms with van der Waals surface area (Å²) in [6.45, 7) is 4.03. The third-order valence-corrected chi connectivity index (χ3v) is 5.10. The molecule has 0 saturated carbocycles. The number of halogens is 1. The first-order valence-corrected chi connectivity index (χ1v) is 9.46. The fourth-order valence-corrected chi connectivity index (χ4v) is 3.52. The van der Waals surface area contributed by atoms with E-state index in [9.17, 15) is 4.79 Å². The largest absolute Gasteiger partial charge is 0.492 e. The molecule has 1 aliphatic rings. The van der Waals surface area contributed by atoms with Gasteiger partial charge in [-0.05, 0) is 37.3 Å². The lowest BCUT2D eigenvalue weighted by atomic mass is 9.92. The number of amides is 1. The second-order valence-electron chi connectivity index (χ2n) is 7.06. The van der Waals surface area contributed by atoms with E-state index in [4.69, 9.17) is 10.5 Å². The van der Waals surface area contributed by atoms with E-state index >= 15 is 0 Å². The molecule has 5 heteroatoms. The van der Waals surface area contributed by atoms with E-state index in [2.05, 4.69) is 12.1 Å². The van der Waals surface area contributed by atoms with Crippen LogP contribution < -0.4 is 10.5 Å². The van der Waals surface area contributed by atoms with Crippen molar-refractivity contribution < 1.29 is 9.53 Å². The Bertz CT molecular complexity index is 721. The molecule has 1 aliphatic heterocycles. The lowest BCUT2D eigenvalue weighted by molar-refractivity contribution is -0.133. The van der Waals surface area contributed by atoms with E-state index in [0.717, 1.165) is 42.8 Å². The number of carbonyl (C=O) groups excluding carboxylic acids is 1. The molecular formula is C22H29ClN2O2. The third kappa shape index (κ3) is 5.72. The van der Waals surface area contributed by atoms with E-state index in [1.807, 2.05) is 54.3 Å². The molecule has 2 unspecified atom stereocenters. The number of hydrogen-bond donors (Lipinski definition) is 1. The quantitative estimate of drug-likeness (QED) is 0.809. The highest BCUT2D eigenvalue weighted by atomic mass is 35.5. The van der Waals surface area contributed by atoms with E-state index in [0.29, 0.717) is 18.9 Å². The second kappa shape index (κ2) is 10.3. The van der Waals surface area contributed by atoms with Crippen LogP contribution in [0.1, 0.15) is 26.2 Å². The van der Waals surface area contributed by atoms with Crippen molar-refractivity contribution in [1.29, 1.82) is 0 Å². The standard InChI is InChI=1S/C22H28N2O2.ClH/c1-17(23)19-10-7-14-24(16-19)22(25)13-15-26-21-12-6-5-11-20(21)18-8-3-2-4-9-18;/h2-6,8-9,11-12,17,19H,7,10,13-16,23H2,1H3;1H. The van der Waals surface area contributed by atoms with Gasteiger partial charge in [-0.15, -0.1) is 12.4 Å². The molecule has 0 aliphatic carbocycles. The maximum Gasteiger partial charge on any atom is 0.226 e. The molecule has 146 valence electrons. The van der Waals surface area contributed by atoms with Crippen LogP contribution in [0.25, 0.3) is 11.1 Å². The summed E-state index contributed by atoms with van der Waals surface area (Å²) in [5.74, 6) is 1.39. The minimum absolute atomic E-state index is 0. The van der Waals surface area contributed by atoms with Crippen LogP contribution in [-0.4, -0.2) is 36.5 Å². The van der Waals surface area contributed by atoms with Gasteiger partial charge in [0.05, 0.1) is 13.0 Å². The number of likely N-dealkylation sites (tertiary alicyclic amines) is 1. The van der Waals surface area contributed by atoms with E-state index in [1.54, 1.807) is 0 Å². The summed E-state index contributed by atoms with van der Waals surface area (Å²) < 4.78 is 5.96. The Balaban J connectivity index is 0.00000261. The number of para-hydroxylation sites is 1. The zero-order valence-corrected chi connectivity index (χ0v) is 16.7. The second-order valence-corrected chi connectivity index (χ2v) is 7.06. The van der Waals surface area contributed by atoms with Gasteiger partial charge in [0.1, 0.15) is 5.75 Å². The summed E-state index contributed by atoms with van der Waals surface area (Å²) in [4.78, 5) is 14.5. The molecule has 1 amide bonds. The van der Waals surface area contributed by atoms with Gasteiger partial charge in [0.2, 0.25) is 5.91 Å². The maximum atomic E-state index is 12.5. The Morgan fingerprint density at radius 2 is 1.89 bits per heavy atom. The van der Waals surface area contributed by atoms with E-state index < -0.39 is 0 Å². The van der Waals surface area contributed by atoms with Crippen molar-refractivity contribution >= 4 is 18.3 Å².